The Morgan fingerprint density at radius 3 is 2.59 bits per heavy atom. The van der Waals surface area contributed by atoms with Crippen LogP contribution in [-0.4, -0.2) is 86.0 Å². The third-order valence-electron chi connectivity index (χ3n) is 10.8. The van der Waals surface area contributed by atoms with E-state index >= 15 is 0 Å². The van der Waals surface area contributed by atoms with Crippen molar-refractivity contribution in [3.63, 3.8) is 0 Å². The summed E-state index contributed by atoms with van der Waals surface area (Å²) in [6.45, 7) is 9.18. The Labute approximate surface area is 285 Å². The summed E-state index contributed by atoms with van der Waals surface area (Å²) in [5.41, 5.74) is 6.25. The molecule has 4 aliphatic rings. The van der Waals surface area contributed by atoms with Crippen molar-refractivity contribution in [2.75, 3.05) is 48.0 Å². The molecular weight excluding hydrogens is 620 g/mol. The number of fused-ring (bicyclic) bond motifs is 3. The number of hydrogen-bond donors (Lipinski definition) is 2. The first kappa shape index (κ1) is 31.7. The van der Waals surface area contributed by atoms with E-state index in [1.165, 1.54) is 10.3 Å². The average Bonchev–Trinajstić information content (AvgIpc) is 3.47. The molecule has 2 N–H and O–H groups in total. The van der Waals surface area contributed by atoms with Crippen molar-refractivity contribution < 1.29 is 14.6 Å². The zero-order chi connectivity index (χ0) is 33.8. The average molecular weight is 665 g/mol. The van der Waals surface area contributed by atoms with E-state index in [9.17, 15) is 14.7 Å². The molecule has 256 valence electrons. The SMILES string of the molecule is CC1CN(C2COC2)C(C)CN1c1ccc(Nc2cc(-c3ccnc(N4CCc5c(cc6n5CCCC6)C4=O)c3CO)cn(C)c2=O)nc1. The maximum atomic E-state index is 13.8. The number of aliphatic hydroxyl groups is 1. The Hall–Kier alpha value is -4.52. The monoisotopic (exact) mass is 664 g/mol. The fourth-order valence-electron chi connectivity index (χ4n) is 8.12. The highest BCUT2D eigenvalue weighted by molar-refractivity contribution is 6.08. The highest BCUT2D eigenvalue weighted by atomic mass is 16.5. The second-order valence-corrected chi connectivity index (χ2v) is 14.0. The lowest BCUT2D eigenvalue weighted by Crippen LogP contribution is -2.63. The van der Waals surface area contributed by atoms with Gasteiger partial charge in [0.15, 0.2) is 0 Å². The van der Waals surface area contributed by atoms with Crippen molar-refractivity contribution in [2.24, 2.45) is 7.05 Å². The van der Waals surface area contributed by atoms with Crippen molar-refractivity contribution in [3.05, 3.63) is 81.8 Å². The molecular formula is C37H44N8O4. The Bertz CT molecular complexity index is 1950. The van der Waals surface area contributed by atoms with Gasteiger partial charge in [-0.25, -0.2) is 9.97 Å². The lowest BCUT2D eigenvalue weighted by Gasteiger charge is -2.50. The second-order valence-electron chi connectivity index (χ2n) is 14.0. The maximum absolute atomic E-state index is 13.8. The summed E-state index contributed by atoms with van der Waals surface area (Å²) < 4.78 is 9.28. The van der Waals surface area contributed by atoms with Gasteiger partial charge in [0.05, 0.1) is 43.3 Å². The van der Waals surface area contributed by atoms with Gasteiger partial charge in [0.25, 0.3) is 11.5 Å². The number of nitrogens with one attached hydrogen (secondary N) is 1. The zero-order valence-corrected chi connectivity index (χ0v) is 28.4. The van der Waals surface area contributed by atoms with Gasteiger partial charge < -0.3 is 29.2 Å². The quantitative estimate of drug-likeness (QED) is 0.305. The smallest absolute Gasteiger partial charge is 0.274 e. The van der Waals surface area contributed by atoms with Gasteiger partial charge in [-0.05, 0) is 69.0 Å². The summed E-state index contributed by atoms with van der Waals surface area (Å²) in [4.78, 5) is 43.1. The van der Waals surface area contributed by atoms with Crippen LogP contribution in [-0.2, 0) is 37.8 Å². The highest BCUT2D eigenvalue weighted by Crippen LogP contribution is 2.35. The van der Waals surface area contributed by atoms with Crippen LogP contribution in [0.1, 0.15) is 54.0 Å². The molecule has 0 radical (unpaired) electrons. The van der Waals surface area contributed by atoms with Gasteiger partial charge in [-0.2, -0.15) is 0 Å². The first-order valence-electron chi connectivity index (χ1n) is 17.5. The molecule has 0 bridgehead atoms. The molecule has 12 heteroatoms. The summed E-state index contributed by atoms with van der Waals surface area (Å²) in [5.74, 6) is 0.927. The largest absolute Gasteiger partial charge is 0.392 e. The summed E-state index contributed by atoms with van der Waals surface area (Å²) in [6, 6.07) is 10.9. The highest BCUT2D eigenvalue weighted by Gasteiger charge is 2.37. The van der Waals surface area contributed by atoms with Crippen LogP contribution in [0.4, 0.5) is 23.0 Å². The number of aryl methyl sites for hydroxylation is 2. The lowest BCUT2D eigenvalue weighted by molar-refractivity contribution is -0.0828. The van der Waals surface area contributed by atoms with Crippen molar-refractivity contribution in [1.82, 2.24) is 24.0 Å². The third-order valence-corrected chi connectivity index (χ3v) is 10.8. The van der Waals surface area contributed by atoms with Gasteiger partial charge in [0.1, 0.15) is 17.3 Å². The van der Waals surface area contributed by atoms with Crippen LogP contribution in [0.2, 0.25) is 0 Å². The first-order chi connectivity index (χ1) is 23.8. The van der Waals surface area contributed by atoms with Crippen molar-refractivity contribution in [3.8, 4) is 11.1 Å². The molecule has 2 fully saturated rings. The van der Waals surface area contributed by atoms with E-state index in [2.05, 4.69) is 44.6 Å². The Balaban J connectivity index is 1.04. The van der Waals surface area contributed by atoms with Gasteiger partial charge in [0, 0.05) is 86.6 Å². The number of anilines is 4. The Morgan fingerprint density at radius 1 is 0.980 bits per heavy atom. The molecule has 0 aliphatic carbocycles. The molecule has 2 unspecified atom stereocenters. The number of rotatable bonds is 7. The fourth-order valence-corrected chi connectivity index (χ4v) is 8.12. The van der Waals surface area contributed by atoms with Crippen molar-refractivity contribution in [2.45, 2.75) is 70.8 Å². The Morgan fingerprint density at radius 2 is 1.84 bits per heavy atom. The minimum atomic E-state index is -0.310. The molecule has 2 saturated heterocycles. The van der Waals surface area contributed by atoms with Crippen LogP contribution in [0.5, 0.6) is 0 Å². The van der Waals surface area contributed by atoms with Crippen LogP contribution in [0, 0.1) is 0 Å². The van der Waals surface area contributed by atoms with Crippen LogP contribution in [0.3, 0.4) is 0 Å². The van der Waals surface area contributed by atoms with E-state index in [0.717, 1.165) is 81.0 Å². The molecule has 49 heavy (non-hydrogen) atoms. The van der Waals surface area contributed by atoms with E-state index < -0.39 is 0 Å². The predicted molar refractivity (Wildman–Crippen MR) is 189 cm³/mol. The molecule has 0 aromatic carbocycles. The number of ether oxygens (including phenoxy) is 1. The normalized spacial score (nSPS) is 21.3. The topological polar surface area (TPSA) is 121 Å². The summed E-state index contributed by atoms with van der Waals surface area (Å²) in [7, 11) is 1.71. The molecule has 8 heterocycles. The molecule has 4 aliphatic heterocycles. The number of carbonyl (C=O) groups is 1. The Kier molecular flexibility index (Phi) is 8.25. The van der Waals surface area contributed by atoms with Gasteiger partial charge in [-0.1, -0.05) is 0 Å². The molecule has 0 spiro atoms. The van der Waals surface area contributed by atoms with E-state index in [4.69, 9.17) is 9.72 Å². The first-order valence-corrected chi connectivity index (χ1v) is 17.5. The van der Waals surface area contributed by atoms with E-state index in [0.29, 0.717) is 53.1 Å². The number of aliphatic hydroxyl groups excluding tert-OH is 1. The van der Waals surface area contributed by atoms with Crippen LogP contribution in [0.15, 0.2) is 53.7 Å². The number of piperazine rings is 1. The lowest BCUT2D eigenvalue weighted by atomic mass is 10.0. The van der Waals surface area contributed by atoms with Crippen molar-refractivity contribution in [1.29, 1.82) is 0 Å². The number of pyridine rings is 3. The number of carbonyl (C=O) groups excluding carboxylic acids is 1. The molecule has 0 saturated carbocycles. The summed E-state index contributed by atoms with van der Waals surface area (Å²) >= 11 is 0. The molecule has 1 amide bonds. The summed E-state index contributed by atoms with van der Waals surface area (Å²) in [5, 5.41) is 13.9. The molecule has 8 rings (SSSR count). The zero-order valence-electron chi connectivity index (χ0n) is 28.4. The van der Waals surface area contributed by atoms with Crippen LogP contribution >= 0.6 is 0 Å². The van der Waals surface area contributed by atoms with Crippen LogP contribution < -0.4 is 20.7 Å². The number of amides is 1. The van der Waals surface area contributed by atoms with Gasteiger partial charge in [-0.15, -0.1) is 0 Å². The van der Waals surface area contributed by atoms with Crippen LogP contribution in [0.25, 0.3) is 11.1 Å². The third kappa shape index (κ3) is 5.61. The number of nitrogens with zero attached hydrogens (tertiary/aromatic N) is 7. The van der Waals surface area contributed by atoms with Gasteiger partial charge in [-0.3, -0.25) is 19.4 Å². The second kappa shape index (κ2) is 12.7. The van der Waals surface area contributed by atoms with Crippen molar-refractivity contribution >= 4 is 28.9 Å². The standard InChI is InChI=1S/C37H44N8O4/c1-23-18-45(28-21-49-22-28)24(2)17-44(23)27-7-8-34(39-16-27)40-32-14-25(19-41(3)37(32)48)29-9-11-38-35(31(29)20-46)43-13-10-33-30(36(43)47)15-26-6-4-5-12-42(26)33/h7-9,11,14-16,19,23-24,28,46H,4-6,10,12-13,17-18,20-22H2,1-3H3,(H,39,40). The minimum Gasteiger partial charge on any atom is -0.392 e. The minimum absolute atomic E-state index is 0.0847. The van der Waals surface area contributed by atoms with Gasteiger partial charge in [0.2, 0.25) is 0 Å². The number of hydrogen-bond acceptors (Lipinski definition) is 9. The number of aromatic nitrogens is 4. The van der Waals surface area contributed by atoms with Gasteiger partial charge >= 0.3 is 0 Å². The molecule has 2 atom stereocenters. The van der Waals surface area contributed by atoms with E-state index in [1.807, 2.05) is 24.4 Å². The van der Waals surface area contributed by atoms with E-state index in [1.54, 1.807) is 30.4 Å². The predicted octanol–water partition coefficient (Wildman–Crippen LogP) is 3.72. The summed E-state index contributed by atoms with van der Waals surface area (Å²) in [6.07, 6.45) is 9.28. The fraction of sp³-hybridized carbons (Fsp3) is 0.459. The maximum Gasteiger partial charge on any atom is 0.274 e. The molecule has 4 aromatic heterocycles. The van der Waals surface area contributed by atoms with E-state index in [-0.39, 0.29) is 18.1 Å². The molecule has 4 aromatic rings. The molecule has 12 nitrogen and oxygen atoms in total.